The summed E-state index contributed by atoms with van der Waals surface area (Å²) in [4.78, 5) is 12.7. The van der Waals surface area contributed by atoms with Crippen molar-refractivity contribution < 1.29 is 30.3 Å². The molecule has 2 aromatic rings. The summed E-state index contributed by atoms with van der Waals surface area (Å²) < 4.78 is 60.0. The zero-order valence-corrected chi connectivity index (χ0v) is 26.4. The number of aromatic nitrogens is 4. The van der Waals surface area contributed by atoms with Gasteiger partial charge in [0.25, 0.3) is 10.1 Å². The molecule has 2 aromatic heterocycles. The number of nitrogens with two attached hydrogens (primary N) is 1. The lowest BCUT2D eigenvalue weighted by molar-refractivity contribution is -0.0560. The summed E-state index contributed by atoms with van der Waals surface area (Å²) in [6, 6.07) is 0. The van der Waals surface area contributed by atoms with E-state index in [1.807, 2.05) is 0 Å². The maximum atomic E-state index is 12.5. The number of imidazole rings is 1. The van der Waals surface area contributed by atoms with Gasteiger partial charge < -0.3 is 23.4 Å². The van der Waals surface area contributed by atoms with Gasteiger partial charge in [0.15, 0.2) is 17.7 Å². The minimum Gasteiger partial charge on any atom is -0.414 e. The molecule has 0 unspecified atom stereocenters. The van der Waals surface area contributed by atoms with Crippen molar-refractivity contribution in [3.05, 3.63) is 12.7 Å². The molecule has 2 N–H and O–H groups in total. The van der Waals surface area contributed by atoms with Crippen molar-refractivity contribution in [1.82, 2.24) is 19.5 Å². The second-order valence-corrected chi connectivity index (χ2v) is 21.9. The molecule has 2 aliphatic heterocycles. The first-order chi connectivity index (χ1) is 17.6. The Morgan fingerprint density at radius 1 is 1.00 bits per heavy atom. The molecule has 2 fully saturated rings. The van der Waals surface area contributed by atoms with Gasteiger partial charge >= 0.3 is 17.1 Å². The molecule has 214 valence electrons. The summed E-state index contributed by atoms with van der Waals surface area (Å²) in [6.07, 6.45) is 0.522. The van der Waals surface area contributed by atoms with Gasteiger partial charge in [-0.2, -0.15) is 8.42 Å². The van der Waals surface area contributed by atoms with Crippen LogP contribution in [-0.2, 0) is 32.0 Å². The van der Waals surface area contributed by atoms with E-state index in [0.29, 0.717) is 11.2 Å². The summed E-state index contributed by atoms with van der Waals surface area (Å²) in [5.74, 6) is 0.210. The molecule has 4 heterocycles. The normalized spacial score (nSPS) is 27.8. The van der Waals surface area contributed by atoms with E-state index < -0.39 is 51.8 Å². The summed E-state index contributed by atoms with van der Waals surface area (Å²) in [5, 5.41) is 0. The fourth-order valence-electron chi connectivity index (χ4n) is 5.71. The zero-order chi connectivity index (χ0) is 28.2. The van der Waals surface area contributed by atoms with Gasteiger partial charge in [-0.25, -0.2) is 15.0 Å². The van der Waals surface area contributed by atoms with Crippen molar-refractivity contribution >= 4 is 44.2 Å². The Kier molecular flexibility index (Phi) is 8.15. The number of rotatable bonds is 7. The van der Waals surface area contributed by atoms with Crippen molar-refractivity contribution in [1.29, 1.82) is 0 Å². The molecule has 2 saturated heterocycles. The molecular formula is C23H41N5O7SSi2. The van der Waals surface area contributed by atoms with E-state index in [2.05, 4.69) is 70.3 Å². The Hall–Kier alpha value is -1.47. The first-order valence-electron chi connectivity index (χ1n) is 13.1. The number of ether oxygens (including phenoxy) is 1. The third-order valence-corrected chi connectivity index (χ3v) is 18.4. The lowest BCUT2D eigenvalue weighted by atomic mass is 10.1. The molecule has 2 aliphatic rings. The van der Waals surface area contributed by atoms with Gasteiger partial charge in [-0.1, -0.05) is 55.4 Å². The summed E-state index contributed by atoms with van der Waals surface area (Å²) >= 11 is 0. The van der Waals surface area contributed by atoms with Crippen LogP contribution >= 0.6 is 0 Å². The van der Waals surface area contributed by atoms with Gasteiger partial charge in [-0.05, 0) is 22.2 Å². The van der Waals surface area contributed by atoms with Crippen LogP contribution in [-0.4, -0.2) is 76.2 Å². The minimum atomic E-state index is -3.90. The molecule has 38 heavy (non-hydrogen) atoms. The summed E-state index contributed by atoms with van der Waals surface area (Å²) in [6.45, 7) is 17.1. The van der Waals surface area contributed by atoms with Crippen molar-refractivity contribution in [3.63, 3.8) is 0 Å². The lowest BCUT2D eigenvalue weighted by Gasteiger charge is -2.51. The van der Waals surface area contributed by atoms with Gasteiger partial charge in [-0.15, -0.1) is 0 Å². The molecule has 0 saturated carbocycles. The third-order valence-electron chi connectivity index (χ3n) is 7.56. The Morgan fingerprint density at radius 2 is 1.61 bits per heavy atom. The SMILES string of the molecule is CC(C)[Si]1(C(C)C)OC[C@H]2O[C@@H](n3cnc4c(N)ncnc43)[C@@H](OS(C)(=O)=O)[C@@H]2O[Si](C(C)C)(C(C)C)O1. The topological polar surface area (TPSA) is 150 Å². The number of hydrogen-bond donors (Lipinski definition) is 1. The number of anilines is 1. The third kappa shape index (κ3) is 5.07. The molecule has 0 aliphatic carbocycles. The Balaban J connectivity index is 1.87. The van der Waals surface area contributed by atoms with Crippen LogP contribution < -0.4 is 5.73 Å². The minimum absolute atomic E-state index is 0.0498. The van der Waals surface area contributed by atoms with Crippen LogP contribution in [0.3, 0.4) is 0 Å². The van der Waals surface area contributed by atoms with Crippen molar-refractivity contribution in [3.8, 4) is 0 Å². The molecule has 4 rings (SSSR count). The molecule has 0 radical (unpaired) electrons. The van der Waals surface area contributed by atoms with E-state index in [0.717, 1.165) is 6.26 Å². The van der Waals surface area contributed by atoms with Crippen LogP contribution in [0, 0.1) is 0 Å². The highest BCUT2D eigenvalue weighted by atomic mass is 32.2. The first-order valence-corrected chi connectivity index (χ1v) is 18.9. The van der Waals surface area contributed by atoms with Crippen LogP contribution in [0.15, 0.2) is 12.7 Å². The van der Waals surface area contributed by atoms with E-state index >= 15 is 0 Å². The zero-order valence-electron chi connectivity index (χ0n) is 23.6. The molecule has 0 spiro atoms. The molecule has 15 heteroatoms. The number of nitrogen functional groups attached to an aromatic ring is 1. The maximum absolute atomic E-state index is 12.5. The van der Waals surface area contributed by atoms with Crippen LogP contribution in [0.1, 0.15) is 61.6 Å². The number of nitrogens with zero attached hydrogens (tertiary/aromatic N) is 4. The van der Waals surface area contributed by atoms with Gasteiger partial charge in [0.05, 0.1) is 19.2 Å². The van der Waals surface area contributed by atoms with Crippen LogP contribution in [0.5, 0.6) is 0 Å². The molecule has 0 aromatic carbocycles. The fraction of sp³-hybridized carbons (Fsp3) is 0.783. The quantitative estimate of drug-likeness (QED) is 0.374. The Bertz CT molecular complexity index is 1240. The van der Waals surface area contributed by atoms with E-state index in [1.54, 1.807) is 4.57 Å². The molecule has 0 amide bonds. The highest BCUT2D eigenvalue weighted by Crippen LogP contribution is 2.49. The lowest BCUT2D eigenvalue weighted by Crippen LogP contribution is -2.66. The summed E-state index contributed by atoms with van der Waals surface area (Å²) in [7, 11) is -9.76. The smallest absolute Gasteiger partial charge is 0.335 e. The molecule has 12 nitrogen and oxygen atoms in total. The van der Waals surface area contributed by atoms with E-state index in [1.165, 1.54) is 12.7 Å². The predicted octanol–water partition coefficient (Wildman–Crippen LogP) is 3.61. The molecule has 4 atom stereocenters. The average Bonchev–Trinajstić information content (AvgIpc) is 3.34. The van der Waals surface area contributed by atoms with Gasteiger partial charge in [-0.3, -0.25) is 8.75 Å². The monoisotopic (exact) mass is 587 g/mol. The number of hydrogen-bond acceptors (Lipinski definition) is 11. The number of fused-ring (bicyclic) bond motifs is 2. The van der Waals surface area contributed by atoms with E-state index in [4.69, 9.17) is 27.6 Å². The van der Waals surface area contributed by atoms with Gasteiger partial charge in [0.2, 0.25) is 0 Å². The highest BCUT2D eigenvalue weighted by Gasteiger charge is 2.62. The second-order valence-electron chi connectivity index (χ2n) is 11.5. The standard InChI is InChI=1S/C23H41N5O7SSi2/c1-13(2)37(14(3)4)31-10-17-19(34-38(35-37,15(5)6)16(7)8)20(33-36(9,29)30)23(32-17)28-12-27-18-21(24)25-11-26-22(18)28/h11-17,19-20,23H,10H2,1-9H3,(H2,24,25,26)/t17-,19-,20+,23-/m1/s1. The summed E-state index contributed by atoms with van der Waals surface area (Å²) in [5.41, 5.74) is 7.21. The largest absolute Gasteiger partial charge is 0.414 e. The maximum Gasteiger partial charge on any atom is 0.335 e. The van der Waals surface area contributed by atoms with E-state index in [-0.39, 0.29) is 34.6 Å². The molecule has 0 bridgehead atoms. The Morgan fingerprint density at radius 3 is 2.16 bits per heavy atom. The second kappa shape index (κ2) is 10.5. The van der Waals surface area contributed by atoms with Crippen LogP contribution in [0.25, 0.3) is 11.2 Å². The molecular weight excluding hydrogens is 547 g/mol. The van der Waals surface area contributed by atoms with Gasteiger partial charge in [0, 0.05) is 0 Å². The highest BCUT2D eigenvalue weighted by molar-refractivity contribution is 7.86. The van der Waals surface area contributed by atoms with Gasteiger partial charge in [0.1, 0.15) is 30.2 Å². The van der Waals surface area contributed by atoms with Crippen LogP contribution in [0.2, 0.25) is 22.2 Å². The van der Waals surface area contributed by atoms with Crippen molar-refractivity contribution in [2.45, 2.75) is 102 Å². The fourth-order valence-corrected chi connectivity index (χ4v) is 17.5. The predicted molar refractivity (Wildman–Crippen MR) is 147 cm³/mol. The van der Waals surface area contributed by atoms with Crippen molar-refractivity contribution in [2.75, 3.05) is 18.6 Å². The van der Waals surface area contributed by atoms with Crippen molar-refractivity contribution in [2.24, 2.45) is 0 Å². The van der Waals surface area contributed by atoms with Crippen LogP contribution in [0.4, 0.5) is 5.82 Å². The van der Waals surface area contributed by atoms with E-state index in [9.17, 15) is 8.42 Å². The first kappa shape index (κ1) is 29.5. The average molecular weight is 588 g/mol. The Labute approximate surface area is 227 Å².